The van der Waals surface area contributed by atoms with Crippen LogP contribution in [0.2, 0.25) is 0 Å². The number of hydrogen-bond acceptors (Lipinski definition) is 4. The molecule has 0 bridgehead atoms. The molecule has 5 heteroatoms. The Morgan fingerprint density at radius 3 is 2.94 bits per heavy atom. The van der Waals surface area contributed by atoms with E-state index in [4.69, 9.17) is 4.74 Å². The molecule has 88 valence electrons. The van der Waals surface area contributed by atoms with E-state index in [0.717, 1.165) is 42.1 Å². The summed E-state index contributed by atoms with van der Waals surface area (Å²) in [5.41, 5.74) is 0. The molecule has 0 aromatic carbocycles. The summed E-state index contributed by atoms with van der Waals surface area (Å²) in [6, 6.07) is 0. The summed E-state index contributed by atoms with van der Waals surface area (Å²) < 4.78 is 6.73. The van der Waals surface area contributed by atoms with Gasteiger partial charge in [-0.05, 0) is 42.4 Å². The Balaban J connectivity index is 2.01. The van der Waals surface area contributed by atoms with Crippen LogP contribution in [0.5, 0.6) is 0 Å². The average molecular weight is 333 g/mol. The molecule has 1 aliphatic rings. The maximum atomic E-state index is 5.66. The predicted molar refractivity (Wildman–Crippen MR) is 71.6 cm³/mol. The zero-order valence-corrected chi connectivity index (χ0v) is 11.6. The first kappa shape index (κ1) is 12.0. The average Bonchev–Trinajstić information content (AvgIpc) is 2.31. The Hall–Kier alpha value is -0.430. The van der Waals surface area contributed by atoms with Gasteiger partial charge in [-0.2, -0.15) is 0 Å². The van der Waals surface area contributed by atoms with Gasteiger partial charge < -0.3 is 9.64 Å². The zero-order chi connectivity index (χ0) is 11.4. The third kappa shape index (κ3) is 3.04. The van der Waals surface area contributed by atoms with E-state index in [1.807, 2.05) is 19.3 Å². The molecule has 1 aliphatic heterocycles. The highest BCUT2D eigenvalue weighted by atomic mass is 127. The lowest BCUT2D eigenvalue weighted by atomic mass is 10.1. The van der Waals surface area contributed by atoms with E-state index >= 15 is 0 Å². The van der Waals surface area contributed by atoms with Gasteiger partial charge in [-0.1, -0.05) is 0 Å². The van der Waals surface area contributed by atoms with Crippen LogP contribution in [0.1, 0.15) is 19.8 Å². The normalized spacial score (nSPS) is 21.1. The second-order valence-corrected chi connectivity index (χ2v) is 5.11. The number of piperidine rings is 1. The van der Waals surface area contributed by atoms with Crippen LogP contribution in [-0.2, 0) is 4.74 Å². The van der Waals surface area contributed by atoms with Gasteiger partial charge >= 0.3 is 0 Å². The first-order chi connectivity index (χ1) is 7.79. The van der Waals surface area contributed by atoms with Crippen LogP contribution in [0.4, 0.5) is 5.95 Å². The number of rotatable bonds is 3. The fraction of sp³-hybridized carbons (Fsp3) is 0.636. The van der Waals surface area contributed by atoms with Crippen molar-refractivity contribution in [2.45, 2.75) is 25.9 Å². The summed E-state index contributed by atoms with van der Waals surface area (Å²) in [4.78, 5) is 10.9. The summed E-state index contributed by atoms with van der Waals surface area (Å²) >= 11 is 2.22. The smallest absolute Gasteiger partial charge is 0.225 e. The fourth-order valence-electron chi connectivity index (χ4n) is 1.96. The monoisotopic (exact) mass is 333 g/mol. The summed E-state index contributed by atoms with van der Waals surface area (Å²) in [5, 5.41) is 0. The molecule has 1 aromatic heterocycles. The van der Waals surface area contributed by atoms with Crippen LogP contribution >= 0.6 is 22.6 Å². The van der Waals surface area contributed by atoms with Crippen LogP contribution in [0.25, 0.3) is 0 Å². The van der Waals surface area contributed by atoms with Gasteiger partial charge in [0.25, 0.3) is 0 Å². The highest BCUT2D eigenvalue weighted by Gasteiger charge is 2.21. The molecule has 0 N–H and O–H groups in total. The molecule has 1 aromatic rings. The summed E-state index contributed by atoms with van der Waals surface area (Å²) in [6.45, 7) is 4.77. The highest BCUT2D eigenvalue weighted by Crippen LogP contribution is 2.17. The van der Waals surface area contributed by atoms with E-state index in [2.05, 4.69) is 37.5 Å². The molecule has 0 unspecified atom stereocenters. The molecule has 0 aliphatic carbocycles. The second kappa shape index (κ2) is 5.77. The van der Waals surface area contributed by atoms with E-state index < -0.39 is 0 Å². The van der Waals surface area contributed by atoms with Crippen LogP contribution in [0.15, 0.2) is 12.4 Å². The number of halogens is 1. The van der Waals surface area contributed by atoms with E-state index in [1.54, 1.807) is 0 Å². The molecule has 1 fully saturated rings. The lowest BCUT2D eigenvalue weighted by molar-refractivity contribution is 0.0523. The molecule has 4 nitrogen and oxygen atoms in total. The largest absolute Gasteiger partial charge is 0.377 e. The molecule has 0 spiro atoms. The predicted octanol–water partition coefficient (Wildman–Crippen LogP) is 2.09. The van der Waals surface area contributed by atoms with Gasteiger partial charge in [0, 0.05) is 35.7 Å². The van der Waals surface area contributed by atoms with Crippen molar-refractivity contribution in [2.75, 3.05) is 24.6 Å². The van der Waals surface area contributed by atoms with Gasteiger partial charge in [0.1, 0.15) is 0 Å². The van der Waals surface area contributed by atoms with Crippen LogP contribution in [0.3, 0.4) is 0 Å². The third-order valence-corrected chi connectivity index (χ3v) is 3.23. The van der Waals surface area contributed by atoms with Gasteiger partial charge in [0.2, 0.25) is 5.95 Å². The number of aromatic nitrogens is 2. The van der Waals surface area contributed by atoms with Crippen LogP contribution < -0.4 is 4.90 Å². The molecule has 0 saturated carbocycles. The molecule has 16 heavy (non-hydrogen) atoms. The standard InChI is InChI=1S/C11H16IN3O/c1-2-16-10-4-3-5-15(8-10)11-13-6-9(12)7-14-11/h6-7,10H,2-5,8H2,1H3/t10-/m0/s1. The van der Waals surface area contributed by atoms with Crippen molar-refractivity contribution in [3.63, 3.8) is 0 Å². The van der Waals surface area contributed by atoms with Crippen LogP contribution in [0, 0.1) is 3.57 Å². The Morgan fingerprint density at radius 2 is 2.25 bits per heavy atom. The summed E-state index contributed by atoms with van der Waals surface area (Å²) in [6.07, 6.45) is 6.34. The molecule has 1 atom stereocenters. The van der Waals surface area contributed by atoms with E-state index in [1.165, 1.54) is 0 Å². The number of nitrogens with zero attached hydrogens (tertiary/aromatic N) is 3. The maximum Gasteiger partial charge on any atom is 0.225 e. The Bertz CT molecular complexity index is 329. The third-order valence-electron chi connectivity index (χ3n) is 2.67. The lowest BCUT2D eigenvalue weighted by Gasteiger charge is -2.32. The van der Waals surface area contributed by atoms with Crippen molar-refractivity contribution in [2.24, 2.45) is 0 Å². The van der Waals surface area contributed by atoms with Crippen molar-refractivity contribution in [1.29, 1.82) is 0 Å². The maximum absolute atomic E-state index is 5.66. The molecule has 2 rings (SSSR count). The van der Waals surface area contributed by atoms with Gasteiger partial charge in [-0.25, -0.2) is 9.97 Å². The lowest BCUT2D eigenvalue weighted by Crippen LogP contribution is -2.40. The molecular weight excluding hydrogens is 317 g/mol. The van der Waals surface area contributed by atoms with Crippen LogP contribution in [-0.4, -0.2) is 35.8 Å². The van der Waals surface area contributed by atoms with Crippen molar-refractivity contribution in [3.05, 3.63) is 16.0 Å². The molecule has 0 amide bonds. The van der Waals surface area contributed by atoms with Gasteiger partial charge in [-0.3, -0.25) is 0 Å². The van der Waals surface area contributed by atoms with Crippen molar-refractivity contribution >= 4 is 28.5 Å². The molecule has 0 radical (unpaired) electrons. The summed E-state index contributed by atoms with van der Waals surface area (Å²) in [7, 11) is 0. The van der Waals surface area contributed by atoms with Gasteiger partial charge in [-0.15, -0.1) is 0 Å². The first-order valence-corrected chi connectivity index (χ1v) is 6.71. The molecule has 2 heterocycles. The second-order valence-electron chi connectivity index (χ2n) is 3.87. The minimum absolute atomic E-state index is 0.335. The Labute approximate surface area is 110 Å². The quantitative estimate of drug-likeness (QED) is 0.794. The minimum Gasteiger partial charge on any atom is -0.377 e. The topological polar surface area (TPSA) is 38.2 Å². The van der Waals surface area contributed by atoms with Crippen molar-refractivity contribution in [3.8, 4) is 0 Å². The highest BCUT2D eigenvalue weighted by molar-refractivity contribution is 14.1. The van der Waals surface area contributed by atoms with E-state index in [0.29, 0.717) is 6.10 Å². The molecular formula is C11H16IN3O. The number of hydrogen-bond donors (Lipinski definition) is 0. The SMILES string of the molecule is CCO[C@H]1CCCN(c2ncc(I)cn2)C1. The first-order valence-electron chi connectivity index (χ1n) is 5.63. The number of ether oxygens (including phenoxy) is 1. The minimum atomic E-state index is 0.335. The van der Waals surface area contributed by atoms with E-state index in [9.17, 15) is 0 Å². The van der Waals surface area contributed by atoms with Crippen molar-refractivity contribution < 1.29 is 4.74 Å². The fourth-order valence-corrected chi connectivity index (χ4v) is 2.24. The van der Waals surface area contributed by atoms with Gasteiger partial charge in [0.15, 0.2) is 0 Å². The summed E-state index contributed by atoms with van der Waals surface area (Å²) in [5.74, 6) is 0.824. The van der Waals surface area contributed by atoms with Crippen molar-refractivity contribution in [1.82, 2.24) is 9.97 Å². The van der Waals surface area contributed by atoms with E-state index in [-0.39, 0.29) is 0 Å². The van der Waals surface area contributed by atoms with Gasteiger partial charge in [0.05, 0.1) is 6.10 Å². The number of anilines is 1. The molecule has 1 saturated heterocycles. The Kier molecular flexibility index (Phi) is 4.34. The zero-order valence-electron chi connectivity index (χ0n) is 9.40. The Morgan fingerprint density at radius 1 is 1.50 bits per heavy atom.